The molecule has 0 fully saturated rings. The van der Waals surface area contributed by atoms with Crippen molar-refractivity contribution in [1.82, 2.24) is 0 Å². The molecule has 0 bridgehead atoms. The predicted molar refractivity (Wildman–Crippen MR) is 167 cm³/mol. The van der Waals surface area contributed by atoms with Crippen molar-refractivity contribution in [2.45, 2.75) is 11.8 Å². The second kappa shape index (κ2) is 8.04. The molecule has 0 nitrogen and oxygen atoms in total. The highest BCUT2D eigenvalue weighted by atomic mass is 14.5. The third-order valence-corrected chi connectivity index (χ3v) is 9.33. The van der Waals surface area contributed by atoms with Crippen LogP contribution in [0.3, 0.4) is 0 Å². The average molecular weight is 507 g/mol. The molecule has 186 valence electrons. The maximum atomic E-state index is 2.44. The largest absolute Gasteiger partial charge is 0.0719 e. The van der Waals surface area contributed by atoms with E-state index < -0.39 is 5.41 Å². The van der Waals surface area contributed by atoms with Crippen LogP contribution in [-0.4, -0.2) is 0 Å². The second-order valence-electron chi connectivity index (χ2n) is 11.2. The zero-order chi connectivity index (χ0) is 26.3. The quantitative estimate of drug-likeness (QED) is 0.219. The highest BCUT2D eigenvalue weighted by Gasteiger charge is 2.48. The molecular formula is C40H26. The fourth-order valence-corrected chi connectivity index (χ4v) is 7.74. The van der Waals surface area contributed by atoms with E-state index in [9.17, 15) is 0 Å². The SMILES string of the molecule is c1ccc(C2(c3ccccc3)c3ccc4c(c3-c3ccc5ccccc5c32)Cc2cc3ccccc3cc2-4)cc1. The van der Waals surface area contributed by atoms with E-state index in [4.69, 9.17) is 0 Å². The first-order chi connectivity index (χ1) is 19.8. The first-order valence-corrected chi connectivity index (χ1v) is 14.2. The monoisotopic (exact) mass is 506 g/mol. The van der Waals surface area contributed by atoms with Gasteiger partial charge in [0, 0.05) is 0 Å². The van der Waals surface area contributed by atoms with Crippen molar-refractivity contribution in [3.8, 4) is 22.3 Å². The standard InChI is InChI=1S/C40H26/c1-3-14-30(15-4-1)40(31-16-5-2-6-17-31)37-22-21-33-35-24-28-13-8-7-12-27(28)23-29(35)25-36(33)38(37)34-20-19-26-11-9-10-18-32(26)39(34)40/h1-24H,25H2. The van der Waals surface area contributed by atoms with Gasteiger partial charge in [-0.2, -0.15) is 0 Å². The summed E-state index contributed by atoms with van der Waals surface area (Å²) in [5.41, 5.74) is 13.5. The lowest BCUT2D eigenvalue weighted by molar-refractivity contribution is 0.775. The summed E-state index contributed by atoms with van der Waals surface area (Å²) in [5.74, 6) is 0. The Morgan fingerprint density at radius 3 is 1.77 bits per heavy atom. The van der Waals surface area contributed by atoms with Gasteiger partial charge < -0.3 is 0 Å². The second-order valence-corrected chi connectivity index (χ2v) is 11.2. The van der Waals surface area contributed by atoms with Crippen molar-refractivity contribution in [1.29, 1.82) is 0 Å². The first-order valence-electron chi connectivity index (χ1n) is 14.2. The van der Waals surface area contributed by atoms with Gasteiger partial charge in [0.25, 0.3) is 0 Å². The van der Waals surface area contributed by atoms with Gasteiger partial charge in [-0.3, -0.25) is 0 Å². The Hall–Kier alpha value is -4.94. The van der Waals surface area contributed by atoms with Crippen LogP contribution in [0.4, 0.5) is 0 Å². The van der Waals surface area contributed by atoms with Crippen molar-refractivity contribution in [3.63, 3.8) is 0 Å². The Morgan fingerprint density at radius 2 is 1.05 bits per heavy atom. The fourth-order valence-electron chi connectivity index (χ4n) is 7.74. The fraction of sp³-hybridized carbons (Fsp3) is 0.0500. The van der Waals surface area contributed by atoms with Crippen molar-refractivity contribution < 1.29 is 0 Å². The van der Waals surface area contributed by atoms with E-state index in [2.05, 4.69) is 146 Å². The topological polar surface area (TPSA) is 0 Å². The summed E-state index contributed by atoms with van der Waals surface area (Å²) in [5, 5.41) is 5.25. The highest BCUT2D eigenvalue weighted by molar-refractivity contribution is 6.03. The van der Waals surface area contributed by atoms with Gasteiger partial charge in [-0.1, -0.05) is 140 Å². The molecule has 7 aromatic carbocycles. The molecule has 0 atom stereocenters. The van der Waals surface area contributed by atoms with Gasteiger partial charge in [0.1, 0.15) is 0 Å². The van der Waals surface area contributed by atoms with Gasteiger partial charge in [-0.15, -0.1) is 0 Å². The third-order valence-electron chi connectivity index (χ3n) is 9.33. The van der Waals surface area contributed by atoms with Crippen LogP contribution in [-0.2, 0) is 11.8 Å². The van der Waals surface area contributed by atoms with E-state index in [0.717, 1.165) is 6.42 Å². The summed E-state index contributed by atoms with van der Waals surface area (Å²) >= 11 is 0. The molecule has 2 aliphatic carbocycles. The molecule has 9 rings (SSSR count). The predicted octanol–water partition coefficient (Wildman–Crippen LogP) is 9.93. The normalized spacial score (nSPS) is 14.1. The van der Waals surface area contributed by atoms with Crippen LogP contribution >= 0.6 is 0 Å². The highest BCUT2D eigenvalue weighted by Crippen LogP contribution is 2.60. The molecule has 0 heteroatoms. The lowest BCUT2D eigenvalue weighted by atomic mass is 9.66. The molecule has 0 unspecified atom stereocenters. The Bertz CT molecular complexity index is 2080. The van der Waals surface area contributed by atoms with Gasteiger partial charge >= 0.3 is 0 Å². The molecule has 0 N–H and O–H groups in total. The zero-order valence-electron chi connectivity index (χ0n) is 22.1. The van der Waals surface area contributed by atoms with E-state index in [1.54, 1.807) is 0 Å². The molecule has 0 saturated carbocycles. The van der Waals surface area contributed by atoms with E-state index in [-0.39, 0.29) is 0 Å². The van der Waals surface area contributed by atoms with Crippen LogP contribution in [0.25, 0.3) is 43.8 Å². The number of rotatable bonds is 2. The maximum Gasteiger partial charge on any atom is 0.0719 e. The molecule has 0 saturated heterocycles. The van der Waals surface area contributed by atoms with Gasteiger partial charge in [0.2, 0.25) is 0 Å². The Labute approximate surface area is 234 Å². The molecule has 0 radical (unpaired) electrons. The third kappa shape index (κ3) is 2.75. The van der Waals surface area contributed by atoms with Crippen LogP contribution < -0.4 is 0 Å². The van der Waals surface area contributed by atoms with Crippen LogP contribution in [0.5, 0.6) is 0 Å². The van der Waals surface area contributed by atoms with E-state index in [1.165, 1.54) is 77.2 Å². The van der Waals surface area contributed by atoms with Crippen molar-refractivity contribution >= 4 is 21.5 Å². The molecule has 0 heterocycles. The molecule has 2 aliphatic rings. The lowest BCUT2D eigenvalue weighted by Gasteiger charge is -2.34. The van der Waals surface area contributed by atoms with Gasteiger partial charge in [-0.25, -0.2) is 0 Å². The Morgan fingerprint density at radius 1 is 0.450 bits per heavy atom. The smallest absolute Gasteiger partial charge is 0.0622 e. The molecule has 0 spiro atoms. The molecule has 0 aliphatic heterocycles. The molecule has 0 aromatic heterocycles. The van der Waals surface area contributed by atoms with Crippen molar-refractivity contribution in [2.24, 2.45) is 0 Å². The minimum absolute atomic E-state index is 0.400. The van der Waals surface area contributed by atoms with Gasteiger partial charge in [0.15, 0.2) is 0 Å². The lowest BCUT2D eigenvalue weighted by Crippen LogP contribution is -2.28. The number of benzene rings is 7. The molecule has 7 aromatic rings. The van der Waals surface area contributed by atoms with Gasteiger partial charge in [-0.05, 0) is 89.7 Å². The average Bonchev–Trinajstić information content (AvgIpc) is 3.54. The molecule has 40 heavy (non-hydrogen) atoms. The maximum absolute atomic E-state index is 2.44. The summed E-state index contributed by atoms with van der Waals surface area (Å²) < 4.78 is 0. The molecular weight excluding hydrogens is 480 g/mol. The number of hydrogen-bond acceptors (Lipinski definition) is 0. The van der Waals surface area contributed by atoms with Crippen LogP contribution in [0, 0.1) is 0 Å². The number of hydrogen-bond donors (Lipinski definition) is 0. The van der Waals surface area contributed by atoms with Crippen LogP contribution in [0.2, 0.25) is 0 Å². The van der Waals surface area contributed by atoms with Crippen molar-refractivity contribution in [3.05, 3.63) is 179 Å². The van der Waals surface area contributed by atoms with Crippen LogP contribution in [0.15, 0.2) is 146 Å². The van der Waals surface area contributed by atoms with E-state index >= 15 is 0 Å². The van der Waals surface area contributed by atoms with Crippen molar-refractivity contribution in [2.75, 3.05) is 0 Å². The summed E-state index contributed by atoms with van der Waals surface area (Å²) in [4.78, 5) is 0. The number of fused-ring (bicyclic) bond motifs is 10. The summed E-state index contributed by atoms with van der Waals surface area (Å²) in [7, 11) is 0. The van der Waals surface area contributed by atoms with Gasteiger partial charge in [0.05, 0.1) is 5.41 Å². The van der Waals surface area contributed by atoms with E-state index in [1.807, 2.05) is 0 Å². The summed E-state index contributed by atoms with van der Waals surface area (Å²) in [6.07, 6.45) is 0.963. The van der Waals surface area contributed by atoms with Crippen LogP contribution in [0.1, 0.15) is 33.4 Å². The minimum Gasteiger partial charge on any atom is -0.0622 e. The summed E-state index contributed by atoms with van der Waals surface area (Å²) in [6.45, 7) is 0. The van der Waals surface area contributed by atoms with E-state index in [0.29, 0.717) is 0 Å². The zero-order valence-corrected chi connectivity index (χ0v) is 22.1. The summed E-state index contributed by atoms with van der Waals surface area (Å²) in [6, 6.07) is 54.4. The minimum atomic E-state index is -0.400. The first kappa shape index (κ1) is 21.9. The Balaban J connectivity index is 1.45. The Kier molecular flexibility index (Phi) is 4.41. The molecule has 0 amide bonds.